The molecule has 17 rings (SSSR count). The molecular weight excluding hydrogens is 957 g/mol. The predicted octanol–water partition coefficient (Wildman–Crippen LogP) is 20.5. The van der Waals surface area contributed by atoms with E-state index in [0.29, 0.717) is 0 Å². The highest BCUT2D eigenvalue weighted by atomic mass is 16.3. The van der Waals surface area contributed by atoms with Crippen LogP contribution in [0.4, 0.5) is 34.1 Å². The minimum Gasteiger partial charge on any atom is -0.456 e. The maximum Gasteiger partial charge on any atom is 0.136 e. The van der Waals surface area contributed by atoms with Crippen LogP contribution in [0.5, 0.6) is 0 Å². The van der Waals surface area contributed by atoms with Gasteiger partial charge in [-0.25, -0.2) is 0 Å². The fourth-order valence-corrected chi connectivity index (χ4v) is 14.6. The van der Waals surface area contributed by atoms with E-state index in [1.165, 1.54) is 100 Å². The van der Waals surface area contributed by atoms with Crippen molar-refractivity contribution in [1.29, 1.82) is 0 Å². The quantitative estimate of drug-likeness (QED) is 0.175. The summed E-state index contributed by atoms with van der Waals surface area (Å²) in [6, 6.07) is 100.0. The molecule has 0 amide bonds. The van der Waals surface area contributed by atoms with Crippen LogP contribution < -0.4 is 9.80 Å². The molecule has 1 spiro atoms. The number of benzene rings is 12. The summed E-state index contributed by atoms with van der Waals surface area (Å²) in [5, 5.41) is 2.26. The van der Waals surface area contributed by atoms with E-state index >= 15 is 0 Å². The van der Waals surface area contributed by atoms with Crippen LogP contribution in [0.1, 0.15) is 47.2 Å². The normalized spacial score (nSPS) is 15.3. The summed E-state index contributed by atoms with van der Waals surface area (Å²) < 4.78 is 6.67. The molecule has 0 saturated heterocycles. The highest BCUT2D eigenvalue weighted by Crippen LogP contribution is 2.63. The first kappa shape index (κ1) is 44.2. The van der Waals surface area contributed by atoms with Crippen molar-refractivity contribution in [3.8, 4) is 66.8 Å². The largest absolute Gasteiger partial charge is 0.456 e. The second-order valence-electron chi connectivity index (χ2n) is 22.3. The first-order valence-corrected chi connectivity index (χ1v) is 27.6. The van der Waals surface area contributed by atoms with Crippen LogP contribution in [-0.4, -0.2) is 0 Å². The lowest BCUT2D eigenvalue weighted by atomic mass is 9.65. The maximum atomic E-state index is 6.67. The van der Waals surface area contributed by atoms with Crippen molar-refractivity contribution in [2.24, 2.45) is 0 Å². The summed E-state index contributed by atoms with van der Waals surface area (Å²) in [6.07, 6.45) is 0. The molecule has 0 N–H and O–H groups in total. The molecule has 0 fully saturated rings. The Morgan fingerprint density at radius 3 is 1.49 bits per heavy atom. The van der Waals surface area contributed by atoms with E-state index in [1.54, 1.807) is 0 Å². The van der Waals surface area contributed by atoms with Crippen LogP contribution in [0, 0.1) is 0 Å². The highest BCUT2D eigenvalue weighted by Gasteiger charge is 2.50. The second kappa shape index (κ2) is 16.3. The molecule has 2 heterocycles. The first-order valence-electron chi connectivity index (χ1n) is 27.6. The molecule has 0 bridgehead atoms. The van der Waals surface area contributed by atoms with Crippen molar-refractivity contribution in [1.82, 2.24) is 0 Å². The van der Waals surface area contributed by atoms with Gasteiger partial charge in [0.25, 0.3) is 0 Å². The molecule has 1 atom stereocenters. The van der Waals surface area contributed by atoms with Gasteiger partial charge in [0.05, 0.1) is 16.8 Å². The van der Waals surface area contributed by atoms with Gasteiger partial charge in [-0.05, 0) is 168 Å². The summed E-state index contributed by atoms with van der Waals surface area (Å²) in [5.74, 6) is 0. The summed E-state index contributed by atoms with van der Waals surface area (Å²) in [6.45, 7) is 4.77. The molecule has 3 heteroatoms. The zero-order valence-electron chi connectivity index (χ0n) is 43.7. The molecule has 1 aromatic heterocycles. The average Bonchev–Trinajstić information content (AvgIpc) is 3.44. The van der Waals surface area contributed by atoms with E-state index in [1.807, 2.05) is 0 Å². The van der Waals surface area contributed by atoms with Crippen molar-refractivity contribution < 1.29 is 4.42 Å². The molecule has 370 valence electrons. The monoisotopic (exact) mass is 1010 g/mol. The van der Waals surface area contributed by atoms with Gasteiger partial charge in [0.1, 0.15) is 11.2 Å². The van der Waals surface area contributed by atoms with Crippen LogP contribution in [0.3, 0.4) is 0 Å². The molecule has 12 aromatic carbocycles. The average molecular weight is 1010 g/mol. The van der Waals surface area contributed by atoms with Gasteiger partial charge in [-0.2, -0.15) is 0 Å². The van der Waals surface area contributed by atoms with Crippen LogP contribution >= 0.6 is 0 Å². The van der Waals surface area contributed by atoms with Crippen LogP contribution in [0.2, 0.25) is 0 Å². The molecule has 0 radical (unpaired) electrons. The number of rotatable bonds is 4. The number of hydrogen-bond donors (Lipinski definition) is 0. The molecule has 3 nitrogen and oxygen atoms in total. The Bertz CT molecular complexity index is 4730. The number of hydrogen-bond acceptors (Lipinski definition) is 3. The summed E-state index contributed by atoms with van der Waals surface area (Å²) >= 11 is 0. The van der Waals surface area contributed by atoms with Crippen molar-refractivity contribution >= 4 is 56.1 Å². The van der Waals surface area contributed by atoms with Crippen molar-refractivity contribution in [3.63, 3.8) is 0 Å². The Morgan fingerprint density at radius 2 is 0.759 bits per heavy atom. The SMILES string of the molecule is CC1(C)c2ccccc2-c2ccc(N(c3ccc4c(c3)-c3ccccc3-c3ccccc3N4c3ccccc3)c3ccc4c(c3)-c3ccccc3-c3ccccc3C43c4ccccc4-c4cc5oc6ccccc6c5cc43)cc21. The van der Waals surface area contributed by atoms with Crippen molar-refractivity contribution in [2.75, 3.05) is 9.80 Å². The van der Waals surface area contributed by atoms with E-state index in [-0.39, 0.29) is 5.41 Å². The van der Waals surface area contributed by atoms with Gasteiger partial charge in [0.2, 0.25) is 0 Å². The minimum absolute atomic E-state index is 0.206. The highest BCUT2D eigenvalue weighted by molar-refractivity contribution is 6.09. The lowest BCUT2D eigenvalue weighted by Gasteiger charge is -2.36. The van der Waals surface area contributed by atoms with E-state index in [4.69, 9.17) is 4.42 Å². The third kappa shape index (κ3) is 6.02. The molecule has 4 aliphatic rings. The Kier molecular flexibility index (Phi) is 9.11. The van der Waals surface area contributed by atoms with Crippen molar-refractivity contribution in [3.05, 3.63) is 300 Å². The topological polar surface area (TPSA) is 19.6 Å². The molecule has 1 aliphatic heterocycles. The second-order valence-corrected chi connectivity index (χ2v) is 22.3. The fraction of sp³-hybridized carbons (Fsp3) is 0.0526. The molecular formula is C76H50N2O. The van der Waals surface area contributed by atoms with Gasteiger partial charge in [-0.15, -0.1) is 0 Å². The van der Waals surface area contributed by atoms with Crippen LogP contribution in [-0.2, 0) is 10.8 Å². The van der Waals surface area contributed by atoms with Crippen LogP contribution in [0.25, 0.3) is 88.7 Å². The van der Waals surface area contributed by atoms with Gasteiger partial charge >= 0.3 is 0 Å². The van der Waals surface area contributed by atoms with Gasteiger partial charge in [-0.3, -0.25) is 0 Å². The smallest absolute Gasteiger partial charge is 0.136 e. The standard InChI is InChI=1S/C76H50N2O/c1-75(2)65-31-15-10-27-56(65)58-39-36-50(44-69(58)75)77(49-38-41-72-63(43-49)54-25-9-7-23-52(54)59-29-13-18-34-71(59)78(72)47-20-4-3-5-21-47)48-37-40-68-61(42-48)53-24-8-6-22-51(53)55-26-11-16-32-66(55)76(68)67-33-17-12-28-57(67)62-46-74-64(45-70(62)76)60-30-14-19-35-73(60)79-74/h3-46H,1-2H3. The van der Waals surface area contributed by atoms with Gasteiger partial charge in [0, 0.05) is 50.1 Å². The molecule has 3 aliphatic carbocycles. The minimum atomic E-state index is -0.681. The number of anilines is 6. The zero-order chi connectivity index (χ0) is 52.1. The summed E-state index contributed by atoms with van der Waals surface area (Å²) in [5.41, 5.74) is 30.0. The number of para-hydroxylation sites is 3. The van der Waals surface area contributed by atoms with Gasteiger partial charge < -0.3 is 14.2 Å². The first-order chi connectivity index (χ1) is 38.9. The van der Waals surface area contributed by atoms with E-state index < -0.39 is 5.41 Å². The zero-order valence-corrected chi connectivity index (χ0v) is 43.7. The Morgan fingerprint density at radius 1 is 0.291 bits per heavy atom. The number of fused-ring (bicyclic) bond motifs is 23. The van der Waals surface area contributed by atoms with E-state index in [2.05, 4.69) is 291 Å². The Balaban J connectivity index is 0.957. The summed E-state index contributed by atoms with van der Waals surface area (Å²) in [7, 11) is 0. The lowest BCUT2D eigenvalue weighted by molar-refractivity contribution is 0.660. The number of nitrogens with zero attached hydrogens (tertiary/aromatic N) is 2. The molecule has 1 unspecified atom stereocenters. The molecule has 79 heavy (non-hydrogen) atoms. The lowest BCUT2D eigenvalue weighted by Crippen LogP contribution is -2.29. The summed E-state index contributed by atoms with van der Waals surface area (Å²) in [4.78, 5) is 4.97. The predicted molar refractivity (Wildman–Crippen MR) is 327 cm³/mol. The van der Waals surface area contributed by atoms with Crippen LogP contribution in [0.15, 0.2) is 271 Å². The molecule has 0 saturated carbocycles. The third-order valence-electron chi connectivity index (χ3n) is 18.0. The Labute approximate surface area is 459 Å². The Hall–Kier alpha value is -9.96. The van der Waals surface area contributed by atoms with E-state index in [9.17, 15) is 0 Å². The number of furan rings is 1. The maximum absolute atomic E-state index is 6.67. The molecule has 13 aromatic rings. The van der Waals surface area contributed by atoms with E-state index in [0.717, 1.165) is 56.1 Å². The van der Waals surface area contributed by atoms with Gasteiger partial charge in [-0.1, -0.05) is 202 Å². The van der Waals surface area contributed by atoms with Gasteiger partial charge in [0.15, 0.2) is 0 Å². The third-order valence-corrected chi connectivity index (χ3v) is 18.0. The fourth-order valence-electron chi connectivity index (χ4n) is 14.6. The van der Waals surface area contributed by atoms with Crippen molar-refractivity contribution in [2.45, 2.75) is 24.7 Å².